The first kappa shape index (κ1) is 9.97. The molecule has 0 aromatic carbocycles. The maximum Gasteiger partial charge on any atom is 0.156 e. The molecule has 0 N–H and O–H groups in total. The first-order valence-corrected chi connectivity index (χ1v) is 4.97. The van der Waals surface area contributed by atoms with Gasteiger partial charge in [-0.05, 0) is 22.0 Å². The Morgan fingerprint density at radius 3 is 2.87 bits per heavy atom. The zero-order chi connectivity index (χ0) is 10.8. The molecule has 0 aliphatic rings. The molecule has 0 spiro atoms. The van der Waals surface area contributed by atoms with Gasteiger partial charge in [-0.15, -0.1) is 5.10 Å². The lowest BCUT2D eigenvalue weighted by Crippen LogP contribution is -1.95. The Labute approximate surface area is 94.3 Å². The largest absolute Gasteiger partial charge is 0.298 e. The SMILES string of the molecule is Cn1nnc(Br)c1-c1cncc(C=O)c1. The summed E-state index contributed by atoms with van der Waals surface area (Å²) in [7, 11) is 1.78. The van der Waals surface area contributed by atoms with Gasteiger partial charge in [0.15, 0.2) is 10.9 Å². The van der Waals surface area contributed by atoms with Crippen LogP contribution in [0.3, 0.4) is 0 Å². The van der Waals surface area contributed by atoms with Crippen molar-refractivity contribution in [2.24, 2.45) is 7.05 Å². The number of pyridine rings is 1. The molecule has 0 saturated carbocycles. The van der Waals surface area contributed by atoms with E-state index in [1.54, 1.807) is 24.0 Å². The van der Waals surface area contributed by atoms with E-state index in [9.17, 15) is 4.79 Å². The van der Waals surface area contributed by atoms with E-state index in [-0.39, 0.29) is 0 Å². The highest BCUT2D eigenvalue weighted by atomic mass is 79.9. The number of carbonyl (C=O) groups is 1. The number of hydrogen-bond acceptors (Lipinski definition) is 4. The van der Waals surface area contributed by atoms with E-state index < -0.39 is 0 Å². The fraction of sp³-hybridized carbons (Fsp3) is 0.111. The van der Waals surface area contributed by atoms with Crippen molar-refractivity contribution in [2.45, 2.75) is 0 Å². The number of aldehydes is 1. The van der Waals surface area contributed by atoms with Gasteiger partial charge in [-0.2, -0.15) is 0 Å². The van der Waals surface area contributed by atoms with Gasteiger partial charge in [-0.1, -0.05) is 5.21 Å². The molecule has 15 heavy (non-hydrogen) atoms. The molecule has 0 saturated heterocycles. The van der Waals surface area contributed by atoms with E-state index in [0.717, 1.165) is 17.5 Å². The normalized spacial score (nSPS) is 10.3. The molecule has 0 unspecified atom stereocenters. The predicted octanol–water partition coefficient (Wildman–Crippen LogP) is 1.45. The van der Waals surface area contributed by atoms with Crippen LogP contribution in [0.4, 0.5) is 0 Å². The molecule has 0 atom stereocenters. The molecule has 0 amide bonds. The summed E-state index contributed by atoms with van der Waals surface area (Å²) in [4.78, 5) is 14.6. The minimum atomic E-state index is 0.528. The van der Waals surface area contributed by atoms with Crippen LogP contribution in [0.25, 0.3) is 11.3 Å². The fourth-order valence-electron chi connectivity index (χ4n) is 1.29. The van der Waals surface area contributed by atoms with Crippen LogP contribution in [0.2, 0.25) is 0 Å². The molecule has 2 rings (SSSR count). The van der Waals surface area contributed by atoms with Crippen LogP contribution in [0, 0.1) is 0 Å². The van der Waals surface area contributed by atoms with Crippen LogP contribution in [0.5, 0.6) is 0 Å². The monoisotopic (exact) mass is 266 g/mol. The molecular weight excluding hydrogens is 260 g/mol. The first-order chi connectivity index (χ1) is 7.22. The maximum absolute atomic E-state index is 10.6. The summed E-state index contributed by atoms with van der Waals surface area (Å²) in [5, 5.41) is 7.71. The minimum Gasteiger partial charge on any atom is -0.298 e. The van der Waals surface area contributed by atoms with E-state index in [4.69, 9.17) is 0 Å². The van der Waals surface area contributed by atoms with Gasteiger partial charge in [-0.3, -0.25) is 9.78 Å². The summed E-state index contributed by atoms with van der Waals surface area (Å²) < 4.78 is 2.25. The molecule has 2 heterocycles. The standard InChI is InChI=1S/C9H7BrN4O/c1-14-8(9(10)12-13-14)7-2-6(5-15)3-11-4-7/h2-5H,1H3. The Balaban J connectivity index is 2.58. The van der Waals surface area contributed by atoms with Gasteiger partial charge in [0, 0.05) is 30.6 Å². The van der Waals surface area contributed by atoms with Crippen LogP contribution in [-0.2, 0) is 7.05 Å². The minimum absolute atomic E-state index is 0.528. The van der Waals surface area contributed by atoms with E-state index in [2.05, 4.69) is 31.2 Å². The van der Waals surface area contributed by atoms with Gasteiger partial charge in [-0.25, -0.2) is 4.68 Å². The van der Waals surface area contributed by atoms with Crippen molar-refractivity contribution in [1.82, 2.24) is 20.0 Å². The lowest BCUT2D eigenvalue weighted by Gasteiger charge is -2.01. The van der Waals surface area contributed by atoms with Crippen LogP contribution in [0.1, 0.15) is 10.4 Å². The van der Waals surface area contributed by atoms with Crippen molar-refractivity contribution in [2.75, 3.05) is 0 Å². The van der Waals surface area contributed by atoms with Crippen molar-refractivity contribution < 1.29 is 4.79 Å². The van der Waals surface area contributed by atoms with Gasteiger partial charge >= 0.3 is 0 Å². The number of carbonyl (C=O) groups excluding carboxylic acids is 1. The van der Waals surface area contributed by atoms with E-state index in [1.165, 1.54) is 6.20 Å². The van der Waals surface area contributed by atoms with Crippen molar-refractivity contribution >= 4 is 22.2 Å². The third kappa shape index (κ3) is 1.80. The Bertz CT molecular complexity index is 489. The Hall–Kier alpha value is -1.56. The highest BCUT2D eigenvalue weighted by molar-refractivity contribution is 9.10. The summed E-state index contributed by atoms with van der Waals surface area (Å²) in [6.07, 6.45) is 3.93. The lowest BCUT2D eigenvalue weighted by molar-refractivity contribution is 0.112. The number of nitrogens with zero attached hydrogens (tertiary/aromatic N) is 4. The van der Waals surface area contributed by atoms with Gasteiger partial charge in [0.2, 0.25) is 0 Å². The van der Waals surface area contributed by atoms with Crippen LogP contribution in [0.15, 0.2) is 23.1 Å². The first-order valence-electron chi connectivity index (χ1n) is 4.18. The average Bonchev–Trinajstić information content (AvgIpc) is 2.59. The average molecular weight is 267 g/mol. The molecule has 2 aromatic rings. The van der Waals surface area contributed by atoms with E-state index in [1.807, 2.05) is 0 Å². The second-order valence-electron chi connectivity index (χ2n) is 2.98. The Morgan fingerprint density at radius 2 is 2.27 bits per heavy atom. The van der Waals surface area contributed by atoms with Crippen LogP contribution in [-0.4, -0.2) is 26.3 Å². The van der Waals surface area contributed by atoms with Gasteiger partial charge in [0.25, 0.3) is 0 Å². The maximum atomic E-state index is 10.6. The Morgan fingerprint density at radius 1 is 1.47 bits per heavy atom. The van der Waals surface area contributed by atoms with Crippen molar-refractivity contribution in [3.63, 3.8) is 0 Å². The van der Waals surface area contributed by atoms with Crippen molar-refractivity contribution in [3.8, 4) is 11.3 Å². The number of aryl methyl sites for hydroxylation is 1. The number of aromatic nitrogens is 4. The zero-order valence-electron chi connectivity index (χ0n) is 7.88. The molecule has 2 aromatic heterocycles. The van der Waals surface area contributed by atoms with Gasteiger partial charge in [0.1, 0.15) is 5.69 Å². The van der Waals surface area contributed by atoms with Crippen LogP contribution >= 0.6 is 15.9 Å². The molecule has 0 radical (unpaired) electrons. The molecular formula is C9H7BrN4O. The van der Waals surface area contributed by atoms with Gasteiger partial charge in [0.05, 0.1) is 0 Å². The summed E-state index contributed by atoms with van der Waals surface area (Å²) in [6.45, 7) is 0. The number of rotatable bonds is 2. The topological polar surface area (TPSA) is 60.7 Å². The molecule has 0 bridgehead atoms. The summed E-state index contributed by atoms with van der Waals surface area (Å²) in [6, 6.07) is 1.74. The second kappa shape index (κ2) is 3.90. The molecule has 6 heteroatoms. The van der Waals surface area contributed by atoms with Crippen molar-refractivity contribution in [3.05, 3.63) is 28.6 Å². The third-order valence-corrected chi connectivity index (χ3v) is 2.49. The third-order valence-electron chi connectivity index (χ3n) is 1.95. The second-order valence-corrected chi connectivity index (χ2v) is 3.73. The molecule has 5 nitrogen and oxygen atoms in total. The smallest absolute Gasteiger partial charge is 0.156 e. The predicted molar refractivity (Wildman–Crippen MR) is 57.3 cm³/mol. The highest BCUT2D eigenvalue weighted by Crippen LogP contribution is 2.24. The van der Waals surface area contributed by atoms with E-state index >= 15 is 0 Å². The zero-order valence-corrected chi connectivity index (χ0v) is 9.47. The molecule has 0 aliphatic carbocycles. The highest BCUT2D eigenvalue weighted by Gasteiger charge is 2.10. The molecule has 0 fully saturated rings. The quantitative estimate of drug-likeness (QED) is 0.773. The number of hydrogen-bond donors (Lipinski definition) is 0. The van der Waals surface area contributed by atoms with Gasteiger partial charge < -0.3 is 0 Å². The van der Waals surface area contributed by atoms with Crippen LogP contribution < -0.4 is 0 Å². The Kier molecular flexibility index (Phi) is 2.59. The fourth-order valence-corrected chi connectivity index (χ4v) is 1.85. The summed E-state index contributed by atoms with van der Waals surface area (Å²) in [5.41, 5.74) is 2.13. The summed E-state index contributed by atoms with van der Waals surface area (Å²) >= 11 is 3.29. The molecule has 76 valence electrons. The number of halogens is 1. The molecule has 0 aliphatic heterocycles. The van der Waals surface area contributed by atoms with Crippen molar-refractivity contribution in [1.29, 1.82) is 0 Å². The van der Waals surface area contributed by atoms with E-state index in [0.29, 0.717) is 10.2 Å². The summed E-state index contributed by atoms with van der Waals surface area (Å²) in [5.74, 6) is 0. The lowest BCUT2D eigenvalue weighted by atomic mass is 10.2.